The average molecular weight is 412 g/mol. The van der Waals surface area contributed by atoms with Crippen LogP contribution >= 0.6 is 0 Å². The number of benzene rings is 2. The Morgan fingerprint density at radius 1 is 0.967 bits per heavy atom. The van der Waals surface area contributed by atoms with E-state index in [0.717, 1.165) is 31.6 Å². The van der Waals surface area contributed by atoms with Gasteiger partial charge in [-0.2, -0.15) is 0 Å². The van der Waals surface area contributed by atoms with Crippen LogP contribution < -0.4 is 15.5 Å². The Kier molecular flexibility index (Phi) is 7.08. The smallest absolute Gasteiger partial charge is 0.253 e. The summed E-state index contributed by atoms with van der Waals surface area (Å²) in [5.74, 6) is -0.235. The maximum absolute atomic E-state index is 13.0. The van der Waals surface area contributed by atoms with Gasteiger partial charge in [0.2, 0.25) is 0 Å². The molecular weight excluding hydrogens is 381 g/mol. The second-order valence-corrected chi connectivity index (χ2v) is 8.26. The summed E-state index contributed by atoms with van der Waals surface area (Å²) in [6, 6.07) is 13.4. The van der Waals surface area contributed by atoms with E-state index in [-0.39, 0.29) is 29.7 Å². The van der Waals surface area contributed by atoms with Gasteiger partial charge in [0.25, 0.3) is 11.8 Å². The molecule has 0 bridgehead atoms. The van der Waals surface area contributed by atoms with Crippen molar-refractivity contribution >= 4 is 17.5 Å². The highest BCUT2D eigenvalue weighted by atomic mass is 19.1. The predicted molar refractivity (Wildman–Crippen MR) is 117 cm³/mol. The van der Waals surface area contributed by atoms with Gasteiger partial charge < -0.3 is 15.5 Å². The van der Waals surface area contributed by atoms with Crippen molar-refractivity contribution in [1.29, 1.82) is 0 Å². The third-order valence-electron chi connectivity index (χ3n) is 5.78. The van der Waals surface area contributed by atoms with E-state index in [0.29, 0.717) is 17.0 Å². The van der Waals surface area contributed by atoms with Crippen LogP contribution in [0.3, 0.4) is 0 Å². The monoisotopic (exact) mass is 411 g/mol. The molecule has 2 aromatic rings. The first-order valence-corrected chi connectivity index (χ1v) is 10.6. The van der Waals surface area contributed by atoms with Gasteiger partial charge in [0.05, 0.1) is 5.56 Å². The first kappa shape index (κ1) is 21.8. The summed E-state index contributed by atoms with van der Waals surface area (Å²) in [5, 5.41) is 6.12. The lowest BCUT2D eigenvalue weighted by Crippen LogP contribution is -2.45. The zero-order chi connectivity index (χ0) is 21.7. The zero-order valence-electron chi connectivity index (χ0n) is 17.8. The first-order chi connectivity index (χ1) is 14.3. The maximum Gasteiger partial charge on any atom is 0.253 e. The highest BCUT2D eigenvalue weighted by molar-refractivity contribution is 6.00. The van der Waals surface area contributed by atoms with Gasteiger partial charge in [-0.3, -0.25) is 9.59 Å². The minimum Gasteiger partial charge on any atom is -0.371 e. The van der Waals surface area contributed by atoms with Gasteiger partial charge in [0.15, 0.2) is 0 Å². The number of carbonyl (C=O) groups is 2. The molecule has 2 aromatic carbocycles. The van der Waals surface area contributed by atoms with Crippen LogP contribution in [0.4, 0.5) is 10.1 Å². The molecule has 1 atom stereocenters. The summed E-state index contributed by atoms with van der Waals surface area (Å²) in [5.41, 5.74) is 2.06. The predicted octanol–water partition coefficient (Wildman–Crippen LogP) is 4.00. The van der Waals surface area contributed by atoms with E-state index in [9.17, 15) is 14.0 Å². The van der Waals surface area contributed by atoms with Gasteiger partial charge >= 0.3 is 0 Å². The van der Waals surface area contributed by atoms with E-state index in [1.54, 1.807) is 0 Å². The second kappa shape index (κ2) is 9.74. The van der Waals surface area contributed by atoms with Crippen molar-refractivity contribution in [3.05, 3.63) is 65.5 Å². The van der Waals surface area contributed by atoms with Crippen LogP contribution in [0.25, 0.3) is 0 Å². The summed E-state index contributed by atoms with van der Waals surface area (Å²) in [6.45, 7) is 7.68. The number of carbonyl (C=O) groups excluding carboxylic acids is 2. The van der Waals surface area contributed by atoms with Crippen molar-refractivity contribution in [2.24, 2.45) is 5.92 Å². The summed E-state index contributed by atoms with van der Waals surface area (Å²) < 4.78 is 13.0. The molecule has 2 N–H and O–H groups in total. The van der Waals surface area contributed by atoms with E-state index in [2.05, 4.69) is 29.4 Å². The molecule has 1 saturated heterocycles. The number of halogens is 1. The van der Waals surface area contributed by atoms with Gasteiger partial charge in [0.1, 0.15) is 5.82 Å². The van der Waals surface area contributed by atoms with Crippen LogP contribution in [-0.2, 0) is 0 Å². The van der Waals surface area contributed by atoms with Gasteiger partial charge in [0, 0.05) is 36.4 Å². The van der Waals surface area contributed by atoms with Gasteiger partial charge in [-0.1, -0.05) is 26.0 Å². The molecule has 1 heterocycles. The van der Waals surface area contributed by atoms with E-state index in [1.807, 2.05) is 31.2 Å². The number of hydrogen-bond acceptors (Lipinski definition) is 3. The van der Waals surface area contributed by atoms with Crippen LogP contribution in [0.1, 0.15) is 54.3 Å². The molecule has 1 aliphatic rings. The Bertz CT molecular complexity index is 874. The second-order valence-electron chi connectivity index (χ2n) is 8.26. The molecule has 6 heteroatoms. The van der Waals surface area contributed by atoms with Crippen molar-refractivity contribution < 1.29 is 14.0 Å². The highest BCUT2D eigenvalue weighted by Gasteiger charge is 2.24. The van der Waals surface area contributed by atoms with Gasteiger partial charge in [-0.05, 0) is 62.1 Å². The lowest BCUT2D eigenvalue weighted by molar-refractivity contribution is 0.0925. The quantitative estimate of drug-likeness (QED) is 0.755. The molecule has 0 aromatic heterocycles. The molecule has 0 aliphatic carbocycles. The summed E-state index contributed by atoms with van der Waals surface area (Å²) in [7, 11) is 0. The van der Waals surface area contributed by atoms with Gasteiger partial charge in [-0.15, -0.1) is 0 Å². The maximum atomic E-state index is 13.0. The van der Waals surface area contributed by atoms with Crippen molar-refractivity contribution in [3.63, 3.8) is 0 Å². The first-order valence-electron chi connectivity index (χ1n) is 10.6. The lowest BCUT2D eigenvalue weighted by atomic mass is 10.0. The average Bonchev–Trinajstić information content (AvgIpc) is 2.74. The number of para-hydroxylation sites is 1. The largest absolute Gasteiger partial charge is 0.371 e. The molecule has 3 rings (SSSR count). The molecule has 1 fully saturated rings. The fourth-order valence-corrected chi connectivity index (χ4v) is 3.53. The van der Waals surface area contributed by atoms with E-state index in [4.69, 9.17) is 0 Å². The number of anilines is 1. The van der Waals surface area contributed by atoms with Crippen LogP contribution in [0.15, 0.2) is 48.5 Å². The number of rotatable bonds is 6. The molecule has 160 valence electrons. The Labute approximate surface area is 177 Å². The number of piperidine rings is 1. The third kappa shape index (κ3) is 5.38. The molecular formula is C24H30FN3O2. The SMILES string of the molecule is CC(C)[C@H](C)NC(=O)c1ccccc1N1CCC(NC(=O)c2ccc(F)cc2)CC1. The van der Waals surface area contributed by atoms with Gasteiger partial charge in [-0.25, -0.2) is 4.39 Å². The molecule has 5 nitrogen and oxygen atoms in total. The molecule has 1 aliphatic heterocycles. The summed E-state index contributed by atoms with van der Waals surface area (Å²) in [6.07, 6.45) is 1.57. The lowest BCUT2D eigenvalue weighted by Gasteiger charge is -2.35. The Hall–Kier alpha value is -2.89. The number of nitrogens with one attached hydrogen (secondary N) is 2. The van der Waals surface area contributed by atoms with E-state index in [1.165, 1.54) is 24.3 Å². The molecule has 0 spiro atoms. The highest BCUT2D eigenvalue weighted by Crippen LogP contribution is 2.25. The van der Waals surface area contributed by atoms with Crippen molar-refractivity contribution in [2.45, 2.75) is 45.7 Å². The third-order valence-corrected chi connectivity index (χ3v) is 5.78. The Balaban J connectivity index is 1.60. The molecule has 30 heavy (non-hydrogen) atoms. The van der Waals surface area contributed by atoms with Crippen LogP contribution in [0.5, 0.6) is 0 Å². The van der Waals surface area contributed by atoms with Crippen molar-refractivity contribution in [1.82, 2.24) is 10.6 Å². The number of amides is 2. The van der Waals surface area contributed by atoms with Crippen molar-refractivity contribution in [2.75, 3.05) is 18.0 Å². The van der Waals surface area contributed by atoms with Crippen LogP contribution in [0.2, 0.25) is 0 Å². The number of nitrogens with zero attached hydrogens (tertiary/aromatic N) is 1. The standard InChI is InChI=1S/C24H30FN3O2/c1-16(2)17(3)26-24(30)21-6-4-5-7-22(21)28-14-12-20(13-15-28)27-23(29)18-8-10-19(25)11-9-18/h4-11,16-17,20H,12-15H2,1-3H3,(H,26,30)(H,27,29)/t17-/m0/s1. The number of hydrogen-bond donors (Lipinski definition) is 2. The molecule has 0 unspecified atom stereocenters. The van der Waals surface area contributed by atoms with Crippen molar-refractivity contribution in [3.8, 4) is 0 Å². The molecule has 0 radical (unpaired) electrons. The fraction of sp³-hybridized carbons (Fsp3) is 0.417. The molecule has 0 saturated carbocycles. The zero-order valence-corrected chi connectivity index (χ0v) is 17.8. The van der Waals surface area contributed by atoms with Crippen LogP contribution in [0, 0.1) is 11.7 Å². The van der Waals surface area contributed by atoms with E-state index >= 15 is 0 Å². The Morgan fingerprint density at radius 3 is 2.23 bits per heavy atom. The van der Waals surface area contributed by atoms with E-state index < -0.39 is 0 Å². The Morgan fingerprint density at radius 2 is 1.60 bits per heavy atom. The summed E-state index contributed by atoms with van der Waals surface area (Å²) in [4.78, 5) is 27.4. The van der Waals surface area contributed by atoms with Crippen LogP contribution in [-0.4, -0.2) is 37.0 Å². The molecule has 2 amide bonds. The minimum absolute atomic E-state index is 0.0563. The minimum atomic E-state index is -0.356. The topological polar surface area (TPSA) is 61.4 Å². The summed E-state index contributed by atoms with van der Waals surface area (Å²) >= 11 is 0. The fourth-order valence-electron chi connectivity index (χ4n) is 3.53. The normalized spacial score (nSPS) is 15.7.